The molecule has 0 bridgehead atoms. The smallest absolute Gasteiger partial charge is 0.174 e. The summed E-state index contributed by atoms with van der Waals surface area (Å²) in [5.74, 6) is -0.0317. The molecule has 0 unspecified atom stereocenters. The average Bonchev–Trinajstić information content (AvgIpc) is 1.83. The van der Waals surface area contributed by atoms with Gasteiger partial charge in [-0.25, -0.2) is 8.42 Å². The Bertz CT molecular complexity index is 198. The van der Waals surface area contributed by atoms with Crippen molar-refractivity contribution in [1.82, 2.24) is 0 Å². The third kappa shape index (κ3) is 6.31. The molecule has 0 rings (SSSR count). The molecule has 0 aromatic rings. The second-order valence-corrected chi connectivity index (χ2v) is 5.71. The Morgan fingerprint density at radius 3 is 2.00 bits per heavy atom. The van der Waals surface area contributed by atoms with Crippen molar-refractivity contribution >= 4 is 9.84 Å². The highest BCUT2D eigenvalue weighted by atomic mass is 32.2. The minimum absolute atomic E-state index is 0.142. The van der Waals surface area contributed by atoms with Crippen LogP contribution in [0, 0.1) is 0 Å². The SMILES string of the molecule is CCS(=O)(=O)COC(C)(C)C. The van der Waals surface area contributed by atoms with Crippen LogP contribution in [0.4, 0.5) is 0 Å². The first-order chi connectivity index (χ1) is 4.77. The van der Waals surface area contributed by atoms with Gasteiger partial charge >= 0.3 is 0 Å². The maximum Gasteiger partial charge on any atom is 0.174 e. The standard InChI is InChI=1S/C7H16O3S/c1-5-11(8,9)6-10-7(2,3)4/h5-6H2,1-4H3. The zero-order valence-corrected chi connectivity index (χ0v) is 8.36. The fraction of sp³-hybridized carbons (Fsp3) is 1.00. The largest absolute Gasteiger partial charge is 0.360 e. The maximum absolute atomic E-state index is 10.9. The predicted octanol–water partition coefficient (Wildman–Crippen LogP) is 1.19. The Hall–Kier alpha value is -0.0900. The second kappa shape index (κ2) is 3.54. The molecular weight excluding hydrogens is 164 g/mol. The summed E-state index contributed by atoms with van der Waals surface area (Å²) in [5, 5.41) is 0. The third-order valence-electron chi connectivity index (χ3n) is 1.11. The van der Waals surface area contributed by atoms with Crippen LogP contribution in [0.5, 0.6) is 0 Å². The molecule has 0 radical (unpaired) electrons. The Labute approximate surface area is 68.7 Å². The van der Waals surface area contributed by atoms with Crippen molar-refractivity contribution in [1.29, 1.82) is 0 Å². The molecule has 0 aliphatic heterocycles. The monoisotopic (exact) mass is 180 g/mol. The Morgan fingerprint density at radius 1 is 1.27 bits per heavy atom. The van der Waals surface area contributed by atoms with E-state index in [2.05, 4.69) is 0 Å². The van der Waals surface area contributed by atoms with Crippen molar-refractivity contribution in [2.24, 2.45) is 0 Å². The van der Waals surface area contributed by atoms with Crippen LogP contribution in [0.15, 0.2) is 0 Å². The van der Waals surface area contributed by atoms with Gasteiger partial charge in [0.1, 0.15) is 5.94 Å². The van der Waals surface area contributed by atoms with Crippen molar-refractivity contribution in [3.63, 3.8) is 0 Å². The zero-order chi connectivity index (χ0) is 9.12. The van der Waals surface area contributed by atoms with Crippen molar-refractivity contribution in [2.75, 3.05) is 11.7 Å². The lowest BCUT2D eigenvalue weighted by Crippen LogP contribution is -2.24. The van der Waals surface area contributed by atoms with Crippen LogP contribution in [0.3, 0.4) is 0 Å². The molecule has 0 aromatic carbocycles. The van der Waals surface area contributed by atoms with E-state index in [1.807, 2.05) is 20.8 Å². The van der Waals surface area contributed by atoms with Crippen LogP contribution in [-0.2, 0) is 14.6 Å². The number of hydrogen-bond acceptors (Lipinski definition) is 3. The lowest BCUT2D eigenvalue weighted by Gasteiger charge is -2.18. The van der Waals surface area contributed by atoms with E-state index in [-0.39, 0.29) is 17.3 Å². The summed E-state index contributed by atoms with van der Waals surface area (Å²) in [5.41, 5.74) is -0.373. The van der Waals surface area contributed by atoms with E-state index in [1.54, 1.807) is 6.92 Å². The van der Waals surface area contributed by atoms with Crippen LogP contribution in [0.25, 0.3) is 0 Å². The summed E-state index contributed by atoms with van der Waals surface area (Å²) in [6.45, 7) is 7.11. The molecule has 0 aliphatic carbocycles. The van der Waals surface area contributed by atoms with Gasteiger partial charge in [0.05, 0.1) is 5.60 Å². The highest BCUT2D eigenvalue weighted by Gasteiger charge is 2.15. The van der Waals surface area contributed by atoms with Gasteiger partial charge in [-0.15, -0.1) is 0 Å². The molecule has 3 nitrogen and oxygen atoms in total. The molecule has 68 valence electrons. The minimum Gasteiger partial charge on any atom is -0.360 e. The van der Waals surface area contributed by atoms with Crippen LogP contribution >= 0.6 is 0 Å². The second-order valence-electron chi connectivity index (χ2n) is 3.41. The van der Waals surface area contributed by atoms with Crippen molar-refractivity contribution in [3.05, 3.63) is 0 Å². The Morgan fingerprint density at radius 2 is 1.73 bits per heavy atom. The summed E-state index contributed by atoms with van der Waals surface area (Å²) in [4.78, 5) is 0. The molecule has 11 heavy (non-hydrogen) atoms. The van der Waals surface area contributed by atoms with Gasteiger partial charge in [0, 0.05) is 5.75 Å². The van der Waals surface area contributed by atoms with Gasteiger partial charge in [0.2, 0.25) is 0 Å². The first-order valence-corrected chi connectivity index (χ1v) is 5.43. The van der Waals surface area contributed by atoms with Gasteiger partial charge in [-0.1, -0.05) is 6.92 Å². The van der Waals surface area contributed by atoms with E-state index in [0.717, 1.165) is 0 Å². The summed E-state index contributed by atoms with van der Waals surface area (Å²) >= 11 is 0. The molecule has 0 spiro atoms. The molecule has 0 saturated carbocycles. The molecular formula is C7H16O3S. The van der Waals surface area contributed by atoms with E-state index in [1.165, 1.54) is 0 Å². The number of ether oxygens (including phenoxy) is 1. The first-order valence-electron chi connectivity index (χ1n) is 3.61. The predicted molar refractivity (Wildman–Crippen MR) is 45.2 cm³/mol. The lowest BCUT2D eigenvalue weighted by molar-refractivity contribution is 0.0254. The summed E-state index contributed by atoms with van der Waals surface area (Å²) in [6.07, 6.45) is 0. The normalized spacial score (nSPS) is 13.5. The molecule has 0 aliphatic rings. The van der Waals surface area contributed by atoms with E-state index in [4.69, 9.17) is 4.74 Å². The summed E-state index contributed by atoms with van der Waals surface area (Å²) in [7, 11) is -2.97. The van der Waals surface area contributed by atoms with Gasteiger partial charge < -0.3 is 4.74 Å². The van der Waals surface area contributed by atoms with Gasteiger partial charge in [0.25, 0.3) is 0 Å². The third-order valence-corrected chi connectivity index (χ3v) is 2.47. The number of hydrogen-bond donors (Lipinski definition) is 0. The van der Waals surface area contributed by atoms with Gasteiger partial charge in [0.15, 0.2) is 9.84 Å². The molecule has 0 heterocycles. The summed E-state index contributed by atoms with van der Waals surface area (Å²) < 4.78 is 26.9. The lowest BCUT2D eigenvalue weighted by atomic mass is 10.2. The molecule has 0 atom stereocenters. The minimum atomic E-state index is -2.97. The van der Waals surface area contributed by atoms with Gasteiger partial charge in [-0.3, -0.25) is 0 Å². The topological polar surface area (TPSA) is 43.4 Å². The fourth-order valence-electron chi connectivity index (χ4n) is 0.350. The number of sulfone groups is 1. The average molecular weight is 180 g/mol. The van der Waals surface area contributed by atoms with E-state index in [0.29, 0.717) is 0 Å². The van der Waals surface area contributed by atoms with Crippen LogP contribution in [0.2, 0.25) is 0 Å². The summed E-state index contributed by atoms with van der Waals surface area (Å²) in [6, 6.07) is 0. The van der Waals surface area contributed by atoms with E-state index < -0.39 is 9.84 Å². The highest BCUT2D eigenvalue weighted by molar-refractivity contribution is 7.91. The van der Waals surface area contributed by atoms with Crippen molar-refractivity contribution in [2.45, 2.75) is 33.3 Å². The number of rotatable bonds is 3. The van der Waals surface area contributed by atoms with Gasteiger partial charge in [-0.2, -0.15) is 0 Å². The molecule has 4 heteroatoms. The van der Waals surface area contributed by atoms with Crippen LogP contribution in [0.1, 0.15) is 27.7 Å². The molecule has 0 saturated heterocycles. The maximum atomic E-state index is 10.9. The molecule has 0 fully saturated rings. The fourth-order valence-corrected chi connectivity index (χ4v) is 1.05. The van der Waals surface area contributed by atoms with Gasteiger partial charge in [-0.05, 0) is 20.8 Å². The molecule has 0 N–H and O–H groups in total. The first kappa shape index (κ1) is 10.9. The van der Waals surface area contributed by atoms with Crippen molar-refractivity contribution < 1.29 is 13.2 Å². The zero-order valence-electron chi connectivity index (χ0n) is 7.55. The molecule has 0 amide bonds. The van der Waals surface area contributed by atoms with E-state index in [9.17, 15) is 8.42 Å². The Balaban J connectivity index is 3.91. The van der Waals surface area contributed by atoms with E-state index >= 15 is 0 Å². The molecule has 0 aromatic heterocycles. The van der Waals surface area contributed by atoms with Crippen molar-refractivity contribution in [3.8, 4) is 0 Å². The van der Waals surface area contributed by atoms with Crippen LogP contribution < -0.4 is 0 Å². The quantitative estimate of drug-likeness (QED) is 0.655. The Kier molecular flexibility index (Phi) is 3.51. The highest BCUT2D eigenvalue weighted by Crippen LogP contribution is 2.07. The van der Waals surface area contributed by atoms with Crippen LogP contribution in [-0.4, -0.2) is 25.7 Å².